The summed E-state index contributed by atoms with van der Waals surface area (Å²) in [5.41, 5.74) is 1.02. The second kappa shape index (κ2) is 9.09. The predicted octanol–water partition coefficient (Wildman–Crippen LogP) is 3.95. The second-order valence-electron chi connectivity index (χ2n) is 6.92. The van der Waals surface area contributed by atoms with E-state index in [1.54, 1.807) is 6.07 Å². The van der Waals surface area contributed by atoms with Gasteiger partial charge in [0, 0.05) is 38.3 Å². The SMILES string of the molecule is O=C(Cc1ccccc1)N1CCN(c2cc(Oc3ccc(F)c(Cl)c3)ncn2)CC1. The average molecular weight is 427 g/mol. The Morgan fingerprint density at radius 3 is 2.53 bits per heavy atom. The molecule has 0 radical (unpaired) electrons. The number of anilines is 1. The summed E-state index contributed by atoms with van der Waals surface area (Å²) in [5, 5.41) is -0.0157. The van der Waals surface area contributed by atoms with Gasteiger partial charge in [-0.25, -0.2) is 14.4 Å². The van der Waals surface area contributed by atoms with Crippen LogP contribution in [0.1, 0.15) is 5.56 Å². The average Bonchev–Trinajstić information content (AvgIpc) is 2.77. The number of ether oxygens (including phenoxy) is 1. The van der Waals surface area contributed by atoms with Gasteiger partial charge in [-0.1, -0.05) is 41.9 Å². The quantitative estimate of drug-likeness (QED) is 0.618. The van der Waals surface area contributed by atoms with E-state index in [1.165, 1.54) is 24.5 Å². The molecule has 1 amide bonds. The fourth-order valence-electron chi connectivity index (χ4n) is 3.29. The van der Waals surface area contributed by atoms with E-state index in [9.17, 15) is 9.18 Å². The molecule has 1 saturated heterocycles. The molecule has 1 aliphatic rings. The fraction of sp³-hybridized carbons (Fsp3) is 0.227. The maximum absolute atomic E-state index is 13.3. The number of rotatable bonds is 5. The minimum Gasteiger partial charge on any atom is -0.439 e. The van der Waals surface area contributed by atoms with Crippen molar-refractivity contribution in [3.05, 3.63) is 77.3 Å². The van der Waals surface area contributed by atoms with Crippen LogP contribution in [0.5, 0.6) is 11.6 Å². The molecule has 0 aliphatic carbocycles. The summed E-state index contributed by atoms with van der Waals surface area (Å²) in [4.78, 5) is 24.9. The molecular formula is C22H20ClFN4O2. The van der Waals surface area contributed by atoms with Crippen LogP contribution in [0.15, 0.2) is 60.9 Å². The van der Waals surface area contributed by atoms with Gasteiger partial charge >= 0.3 is 0 Å². The molecule has 154 valence electrons. The molecule has 6 nitrogen and oxygen atoms in total. The molecule has 3 aromatic rings. The van der Waals surface area contributed by atoms with Gasteiger partial charge in [0.15, 0.2) is 0 Å². The molecule has 0 saturated carbocycles. The van der Waals surface area contributed by atoms with Crippen molar-refractivity contribution in [2.24, 2.45) is 0 Å². The van der Waals surface area contributed by atoms with Crippen molar-refractivity contribution in [3.8, 4) is 11.6 Å². The summed E-state index contributed by atoms with van der Waals surface area (Å²) in [6.07, 6.45) is 1.83. The van der Waals surface area contributed by atoms with E-state index in [0.717, 1.165) is 5.56 Å². The van der Waals surface area contributed by atoms with Gasteiger partial charge in [-0.3, -0.25) is 4.79 Å². The first kappa shape index (κ1) is 20.1. The third kappa shape index (κ3) is 4.86. The van der Waals surface area contributed by atoms with Crippen molar-refractivity contribution in [1.29, 1.82) is 0 Å². The highest BCUT2D eigenvalue weighted by molar-refractivity contribution is 6.30. The summed E-state index contributed by atoms with van der Waals surface area (Å²) in [6.45, 7) is 2.58. The van der Waals surface area contributed by atoms with Crippen LogP contribution in [0.2, 0.25) is 5.02 Å². The lowest BCUT2D eigenvalue weighted by atomic mass is 10.1. The van der Waals surface area contributed by atoms with Crippen LogP contribution in [-0.2, 0) is 11.2 Å². The third-order valence-corrected chi connectivity index (χ3v) is 5.19. The smallest absolute Gasteiger partial charge is 0.227 e. The molecule has 1 aliphatic heterocycles. The van der Waals surface area contributed by atoms with Crippen molar-refractivity contribution in [2.45, 2.75) is 6.42 Å². The van der Waals surface area contributed by atoms with Crippen molar-refractivity contribution in [2.75, 3.05) is 31.1 Å². The standard InChI is InChI=1S/C22H20ClFN4O2/c23-18-13-17(6-7-19(18)24)30-21-14-20(25-15-26-21)27-8-10-28(11-9-27)22(29)12-16-4-2-1-3-5-16/h1-7,13-15H,8-12H2. The van der Waals surface area contributed by atoms with E-state index in [1.807, 2.05) is 35.2 Å². The maximum atomic E-state index is 13.3. The topological polar surface area (TPSA) is 58.6 Å². The molecule has 0 N–H and O–H groups in total. The zero-order chi connectivity index (χ0) is 20.9. The lowest BCUT2D eigenvalue weighted by Crippen LogP contribution is -2.49. The normalized spacial score (nSPS) is 13.9. The molecule has 0 spiro atoms. The van der Waals surface area contributed by atoms with Crippen molar-refractivity contribution < 1.29 is 13.9 Å². The first-order chi connectivity index (χ1) is 14.6. The number of carbonyl (C=O) groups excluding carboxylic acids is 1. The number of aromatic nitrogens is 2. The Hall–Kier alpha value is -3.19. The van der Waals surface area contributed by atoms with E-state index in [0.29, 0.717) is 50.0 Å². The van der Waals surface area contributed by atoms with E-state index >= 15 is 0 Å². The van der Waals surface area contributed by atoms with Crippen molar-refractivity contribution in [1.82, 2.24) is 14.9 Å². The maximum Gasteiger partial charge on any atom is 0.227 e. The van der Waals surface area contributed by atoms with Crippen LogP contribution in [0.3, 0.4) is 0 Å². The van der Waals surface area contributed by atoms with Gasteiger partial charge in [0.25, 0.3) is 0 Å². The van der Waals surface area contributed by atoms with Gasteiger partial charge < -0.3 is 14.5 Å². The van der Waals surface area contributed by atoms with Gasteiger partial charge in [-0.15, -0.1) is 0 Å². The number of hydrogen-bond donors (Lipinski definition) is 0. The van der Waals surface area contributed by atoms with Crippen LogP contribution < -0.4 is 9.64 Å². The Labute approximate surface area is 178 Å². The number of amides is 1. The first-order valence-corrected chi connectivity index (χ1v) is 9.98. The lowest BCUT2D eigenvalue weighted by Gasteiger charge is -2.35. The summed E-state index contributed by atoms with van der Waals surface area (Å²) in [5.74, 6) is 1.06. The van der Waals surface area contributed by atoms with Crippen LogP contribution in [0, 0.1) is 5.82 Å². The number of halogens is 2. The van der Waals surface area contributed by atoms with Gasteiger partial charge in [0.1, 0.15) is 23.7 Å². The number of nitrogens with zero attached hydrogens (tertiary/aromatic N) is 4. The van der Waals surface area contributed by atoms with Gasteiger partial charge in [-0.05, 0) is 17.7 Å². The van der Waals surface area contributed by atoms with E-state index in [-0.39, 0.29) is 10.9 Å². The molecular weight excluding hydrogens is 407 g/mol. The van der Waals surface area contributed by atoms with Crippen molar-refractivity contribution in [3.63, 3.8) is 0 Å². The van der Waals surface area contributed by atoms with Crippen LogP contribution in [-0.4, -0.2) is 47.0 Å². The molecule has 8 heteroatoms. The summed E-state index contributed by atoms with van der Waals surface area (Å²) >= 11 is 5.80. The van der Waals surface area contributed by atoms with E-state index < -0.39 is 5.82 Å². The van der Waals surface area contributed by atoms with Crippen LogP contribution >= 0.6 is 11.6 Å². The Bertz CT molecular complexity index is 1030. The zero-order valence-corrected chi connectivity index (χ0v) is 16.9. The Kier molecular flexibility index (Phi) is 6.09. The third-order valence-electron chi connectivity index (χ3n) is 4.90. The lowest BCUT2D eigenvalue weighted by molar-refractivity contribution is -0.130. The molecule has 1 fully saturated rings. The largest absolute Gasteiger partial charge is 0.439 e. The molecule has 2 aromatic carbocycles. The first-order valence-electron chi connectivity index (χ1n) is 9.60. The zero-order valence-electron chi connectivity index (χ0n) is 16.2. The minimum absolute atomic E-state index is 0.0157. The van der Waals surface area contributed by atoms with E-state index in [4.69, 9.17) is 16.3 Å². The molecule has 0 unspecified atom stereocenters. The molecule has 4 rings (SSSR count). The number of piperazine rings is 1. The summed E-state index contributed by atoms with van der Waals surface area (Å²) in [7, 11) is 0. The van der Waals surface area contributed by atoms with Gasteiger partial charge in [0.2, 0.25) is 11.8 Å². The Morgan fingerprint density at radius 2 is 1.80 bits per heavy atom. The Balaban J connectivity index is 1.36. The number of benzene rings is 2. The molecule has 30 heavy (non-hydrogen) atoms. The van der Waals surface area contributed by atoms with E-state index in [2.05, 4.69) is 14.9 Å². The predicted molar refractivity (Wildman–Crippen MR) is 112 cm³/mol. The van der Waals surface area contributed by atoms with Crippen LogP contribution in [0.4, 0.5) is 10.2 Å². The monoisotopic (exact) mass is 426 g/mol. The van der Waals surface area contributed by atoms with Gasteiger partial charge in [-0.2, -0.15) is 0 Å². The molecule has 0 atom stereocenters. The highest BCUT2D eigenvalue weighted by atomic mass is 35.5. The number of carbonyl (C=O) groups is 1. The fourth-order valence-corrected chi connectivity index (χ4v) is 3.46. The molecule has 1 aromatic heterocycles. The van der Waals surface area contributed by atoms with Crippen molar-refractivity contribution >= 4 is 23.3 Å². The Morgan fingerprint density at radius 1 is 1.03 bits per heavy atom. The molecule has 2 heterocycles. The van der Waals surface area contributed by atoms with Gasteiger partial charge in [0.05, 0.1) is 11.4 Å². The second-order valence-corrected chi connectivity index (χ2v) is 7.33. The minimum atomic E-state index is -0.507. The summed E-state index contributed by atoms with van der Waals surface area (Å²) in [6, 6.07) is 15.6. The number of hydrogen-bond acceptors (Lipinski definition) is 5. The highest BCUT2D eigenvalue weighted by Crippen LogP contribution is 2.26. The highest BCUT2D eigenvalue weighted by Gasteiger charge is 2.22. The summed E-state index contributed by atoms with van der Waals surface area (Å²) < 4.78 is 19.0. The molecule has 0 bridgehead atoms. The van der Waals surface area contributed by atoms with Crippen LogP contribution in [0.25, 0.3) is 0 Å².